The Kier molecular flexibility index (Phi) is 4.61. The average molecular weight is 461 g/mol. The number of hydrogen-bond acceptors (Lipinski definition) is 6. The number of benzene rings is 2. The molecule has 32 heavy (non-hydrogen) atoms. The van der Waals surface area contributed by atoms with Crippen molar-refractivity contribution < 1.29 is 9.90 Å². The monoisotopic (exact) mass is 460 g/mol. The molecular formula is C25H20N2O3S2. The van der Waals surface area contributed by atoms with E-state index in [1.165, 1.54) is 21.2 Å². The topological polar surface area (TPSA) is 72.2 Å². The fraction of sp³-hybridized carbons (Fsp3) is 0.240. The third-order valence-electron chi connectivity index (χ3n) is 6.38. The number of carbonyl (C=O) groups excluding carboxylic acids is 1. The zero-order chi connectivity index (χ0) is 21.9. The van der Waals surface area contributed by atoms with Crippen molar-refractivity contribution in [1.29, 1.82) is 0 Å². The second-order valence-corrected chi connectivity index (χ2v) is 10.5. The number of thiophene rings is 1. The van der Waals surface area contributed by atoms with Gasteiger partial charge in [0.1, 0.15) is 4.83 Å². The minimum Gasteiger partial charge on any atom is -0.366 e. The largest absolute Gasteiger partial charge is 0.366 e. The first-order valence-electron chi connectivity index (χ1n) is 10.7. The van der Waals surface area contributed by atoms with Crippen LogP contribution in [-0.4, -0.2) is 25.7 Å². The number of fused-ring (bicyclic) bond motifs is 4. The first-order valence-corrected chi connectivity index (χ1v) is 12.4. The van der Waals surface area contributed by atoms with Gasteiger partial charge in [0.05, 0.1) is 10.6 Å². The lowest BCUT2D eigenvalue weighted by molar-refractivity contribution is -0.0187. The number of carbonyl (C=O) groups is 1. The number of nitrogens with zero attached hydrogens (tertiary/aromatic N) is 2. The van der Waals surface area contributed by atoms with E-state index in [1.54, 1.807) is 35.6 Å². The summed E-state index contributed by atoms with van der Waals surface area (Å²) in [5.74, 6) is -0.0702. The molecule has 2 unspecified atom stereocenters. The highest BCUT2D eigenvalue weighted by Crippen LogP contribution is 2.44. The van der Waals surface area contributed by atoms with Crippen LogP contribution in [0.5, 0.6) is 0 Å². The van der Waals surface area contributed by atoms with Crippen molar-refractivity contribution in [2.24, 2.45) is 0 Å². The Morgan fingerprint density at radius 1 is 1.06 bits per heavy atom. The van der Waals surface area contributed by atoms with Gasteiger partial charge in [0.15, 0.2) is 16.7 Å². The van der Waals surface area contributed by atoms with Crippen molar-refractivity contribution in [1.82, 2.24) is 9.55 Å². The standard InChI is InChI=1S/C25H20N2O3S2/c28-21(15-8-3-1-4-9-15)19-14-25(30,16-10-5-2-6-11-16)27-23(29)20-17-12-7-13-18(17)31-22(20)26-24(27)32-19/h1-6,8-11,19,30H,7,12-14H2. The first-order chi connectivity index (χ1) is 15.6. The van der Waals surface area contributed by atoms with E-state index in [0.29, 0.717) is 26.5 Å². The molecule has 0 amide bonds. The summed E-state index contributed by atoms with van der Waals surface area (Å²) in [6.07, 6.45) is 2.99. The smallest absolute Gasteiger partial charge is 0.265 e. The van der Waals surface area contributed by atoms with Crippen molar-refractivity contribution in [3.63, 3.8) is 0 Å². The lowest BCUT2D eigenvalue weighted by Crippen LogP contribution is -2.49. The predicted molar refractivity (Wildman–Crippen MR) is 127 cm³/mol. The quantitative estimate of drug-likeness (QED) is 0.363. The third-order valence-corrected chi connectivity index (χ3v) is 8.72. The van der Waals surface area contributed by atoms with E-state index < -0.39 is 11.0 Å². The van der Waals surface area contributed by atoms with Crippen LogP contribution >= 0.6 is 23.1 Å². The molecule has 2 atom stereocenters. The van der Waals surface area contributed by atoms with E-state index in [2.05, 4.69) is 0 Å². The van der Waals surface area contributed by atoms with Crippen LogP contribution in [0.4, 0.5) is 0 Å². The van der Waals surface area contributed by atoms with Crippen LogP contribution in [0, 0.1) is 0 Å². The molecule has 1 aliphatic heterocycles. The molecule has 1 N–H and O–H groups in total. The van der Waals surface area contributed by atoms with Crippen LogP contribution in [0.2, 0.25) is 0 Å². The van der Waals surface area contributed by atoms with Crippen molar-refractivity contribution in [2.75, 3.05) is 0 Å². The van der Waals surface area contributed by atoms with Crippen molar-refractivity contribution in [2.45, 2.75) is 41.8 Å². The minimum absolute atomic E-state index is 0.0702. The normalized spacial score (nSPS) is 22.0. The molecule has 2 aliphatic rings. The Labute approximate surface area is 192 Å². The van der Waals surface area contributed by atoms with Crippen LogP contribution in [0.3, 0.4) is 0 Å². The summed E-state index contributed by atoms with van der Waals surface area (Å²) in [7, 11) is 0. The van der Waals surface area contributed by atoms with Gasteiger partial charge in [-0.15, -0.1) is 11.3 Å². The molecule has 0 fully saturated rings. The highest BCUT2D eigenvalue weighted by molar-refractivity contribution is 8.00. The molecule has 0 saturated carbocycles. The zero-order valence-corrected chi connectivity index (χ0v) is 18.8. The molecule has 1 aliphatic carbocycles. The lowest BCUT2D eigenvalue weighted by Gasteiger charge is -2.38. The number of rotatable bonds is 3. The molecular weight excluding hydrogens is 440 g/mol. The second-order valence-electron chi connectivity index (χ2n) is 8.30. The van der Waals surface area contributed by atoms with Crippen LogP contribution in [0.25, 0.3) is 10.2 Å². The zero-order valence-electron chi connectivity index (χ0n) is 17.2. The third kappa shape index (κ3) is 2.92. The molecule has 3 heterocycles. The molecule has 7 heteroatoms. The molecule has 160 valence electrons. The van der Waals surface area contributed by atoms with Gasteiger partial charge in [-0.1, -0.05) is 72.4 Å². The van der Waals surface area contributed by atoms with E-state index in [4.69, 9.17) is 4.98 Å². The second kappa shape index (κ2) is 7.40. The molecule has 0 radical (unpaired) electrons. The van der Waals surface area contributed by atoms with Crippen LogP contribution in [0.1, 0.15) is 39.2 Å². The molecule has 0 bridgehead atoms. The van der Waals surface area contributed by atoms with E-state index >= 15 is 0 Å². The molecule has 4 aromatic rings. The number of hydrogen-bond donors (Lipinski definition) is 1. The van der Waals surface area contributed by atoms with Crippen LogP contribution in [-0.2, 0) is 18.6 Å². The minimum atomic E-state index is -1.65. The number of Topliss-reactive ketones (excluding diaryl/α,β-unsaturated/α-hetero) is 1. The number of ketones is 1. The molecule has 5 nitrogen and oxygen atoms in total. The summed E-state index contributed by atoms with van der Waals surface area (Å²) < 4.78 is 1.43. The average Bonchev–Trinajstić information content (AvgIpc) is 3.40. The van der Waals surface area contributed by atoms with Crippen LogP contribution in [0.15, 0.2) is 70.6 Å². The highest BCUT2D eigenvalue weighted by Gasteiger charge is 2.45. The lowest BCUT2D eigenvalue weighted by atomic mass is 9.93. The van der Waals surface area contributed by atoms with Gasteiger partial charge in [-0.05, 0) is 24.8 Å². The van der Waals surface area contributed by atoms with Gasteiger partial charge >= 0.3 is 0 Å². The van der Waals surface area contributed by atoms with Crippen LogP contribution < -0.4 is 5.56 Å². The Balaban J connectivity index is 1.58. The number of aliphatic hydroxyl groups is 1. The van der Waals surface area contributed by atoms with Gasteiger partial charge in [0, 0.05) is 22.4 Å². The Bertz CT molecular complexity index is 1410. The predicted octanol–water partition coefficient (Wildman–Crippen LogP) is 4.39. The van der Waals surface area contributed by atoms with Crippen molar-refractivity contribution >= 4 is 39.1 Å². The van der Waals surface area contributed by atoms with Gasteiger partial charge in [-0.25, -0.2) is 4.98 Å². The van der Waals surface area contributed by atoms with E-state index in [1.807, 2.05) is 36.4 Å². The maximum Gasteiger partial charge on any atom is 0.265 e. The SMILES string of the molecule is O=C(c1ccccc1)C1CC(O)(c2ccccc2)n2c(nc3sc4c(c3c2=O)CCC4)S1. The summed E-state index contributed by atoms with van der Waals surface area (Å²) in [5.41, 5.74) is 0.396. The molecule has 6 rings (SSSR count). The first kappa shape index (κ1) is 19.9. The number of aryl methyl sites for hydroxylation is 2. The maximum absolute atomic E-state index is 13.8. The molecule has 2 aromatic heterocycles. The summed E-state index contributed by atoms with van der Waals surface area (Å²) in [6, 6.07) is 18.2. The number of thioether (sulfide) groups is 1. The van der Waals surface area contributed by atoms with E-state index in [9.17, 15) is 14.7 Å². The Hall–Kier alpha value is -2.74. The Morgan fingerprint density at radius 2 is 1.78 bits per heavy atom. The fourth-order valence-electron chi connectivity index (χ4n) is 4.84. The summed E-state index contributed by atoms with van der Waals surface area (Å²) in [5, 5.41) is 12.5. The summed E-state index contributed by atoms with van der Waals surface area (Å²) >= 11 is 2.85. The van der Waals surface area contributed by atoms with Gasteiger partial charge < -0.3 is 5.11 Å². The van der Waals surface area contributed by atoms with Gasteiger partial charge in [-0.2, -0.15) is 0 Å². The van der Waals surface area contributed by atoms with Crippen molar-refractivity contribution in [3.8, 4) is 0 Å². The van der Waals surface area contributed by atoms with Gasteiger partial charge in [-0.3, -0.25) is 14.2 Å². The van der Waals surface area contributed by atoms with Crippen molar-refractivity contribution in [3.05, 3.63) is 92.6 Å². The van der Waals surface area contributed by atoms with Gasteiger partial charge in [0.2, 0.25) is 0 Å². The number of aromatic nitrogens is 2. The summed E-state index contributed by atoms with van der Waals surface area (Å²) in [6.45, 7) is 0. The summed E-state index contributed by atoms with van der Waals surface area (Å²) in [4.78, 5) is 33.9. The van der Waals surface area contributed by atoms with E-state index in [0.717, 1.165) is 24.8 Å². The molecule has 0 spiro atoms. The van der Waals surface area contributed by atoms with Gasteiger partial charge in [0.25, 0.3) is 5.56 Å². The van der Waals surface area contributed by atoms with E-state index in [-0.39, 0.29) is 17.8 Å². The maximum atomic E-state index is 13.8. The fourth-order valence-corrected chi connectivity index (χ4v) is 7.44. The molecule has 2 aromatic carbocycles. The molecule has 0 saturated heterocycles. The highest BCUT2D eigenvalue weighted by atomic mass is 32.2. The Morgan fingerprint density at radius 3 is 2.53 bits per heavy atom.